The molecular weight excluding hydrogens is 310 g/mol. The molecule has 2 fully saturated rings. The third-order valence-electron chi connectivity index (χ3n) is 4.49. The Morgan fingerprint density at radius 3 is 3.00 bits per heavy atom. The van der Waals surface area contributed by atoms with Crippen LogP contribution in [-0.4, -0.2) is 63.0 Å². The Labute approximate surface area is 145 Å². The summed E-state index contributed by atoms with van der Waals surface area (Å²) in [5.74, 6) is 2.76. The first kappa shape index (κ1) is 18.9. The van der Waals surface area contributed by atoms with Gasteiger partial charge in [0.25, 0.3) is 0 Å². The van der Waals surface area contributed by atoms with Gasteiger partial charge in [-0.15, -0.1) is 0 Å². The van der Waals surface area contributed by atoms with Crippen LogP contribution < -0.4 is 10.6 Å². The van der Waals surface area contributed by atoms with E-state index >= 15 is 0 Å². The first-order valence-electron chi connectivity index (χ1n) is 9.06. The number of rotatable bonds is 9. The van der Waals surface area contributed by atoms with Crippen molar-refractivity contribution in [2.24, 2.45) is 10.9 Å². The lowest BCUT2D eigenvalue weighted by Crippen LogP contribution is -2.43. The lowest BCUT2D eigenvalue weighted by molar-refractivity contribution is 0.0888. The van der Waals surface area contributed by atoms with Gasteiger partial charge in [0.2, 0.25) is 0 Å². The molecule has 0 radical (unpaired) electrons. The standard InChI is InChI=1S/C17H33N3O2S/c1-3-23-16-6-5-15(11-16)20-17(18-2)19-8-4-9-21-12-14-7-10-22-13-14/h14-16H,3-13H2,1-2H3,(H2,18,19,20). The first-order valence-corrected chi connectivity index (χ1v) is 10.1. The zero-order chi connectivity index (χ0) is 16.3. The van der Waals surface area contributed by atoms with Crippen molar-refractivity contribution in [1.29, 1.82) is 0 Å². The van der Waals surface area contributed by atoms with Gasteiger partial charge in [-0.1, -0.05) is 6.92 Å². The van der Waals surface area contributed by atoms with Crippen LogP contribution in [0.4, 0.5) is 0 Å². The normalized spacial score (nSPS) is 28.3. The van der Waals surface area contributed by atoms with Crippen molar-refractivity contribution in [3.63, 3.8) is 0 Å². The molecule has 3 unspecified atom stereocenters. The zero-order valence-corrected chi connectivity index (χ0v) is 15.5. The average Bonchev–Trinajstić information content (AvgIpc) is 3.22. The molecule has 23 heavy (non-hydrogen) atoms. The van der Waals surface area contributed by atoms with E-state index in [4.69, 9.17) is 9.47 Å². The predicted octanol–water partition coefficient (Wildman–Crippen LogP) is 2.27. The van der Waals surface area contributed by atoms with Crippen LogP contribution in [-0.2, 0) is 9.47 Å². The third kappa shape index (κ3) is 7.31. The fourth-order valence-electron chi connectivity index (χ4n) is 3.19. The van der Waals surface area contributed by atoms with Crippen LogP contribution in [0.25, 0.3) is 0 Å². The van der Waals surface area contributed by atoms with E-state index in [-0.39, 0.29) is 0 Å². The van der Waals surface area contributed by atoms with Gasteiger partial charge >= 0.3 is 0 Å². The van der Waals surface area contributed by atoms with Crippen LogP contribution in [0.1, 0.15) is 39.0 Å². The second-order valence-corrected chi connectivity index (χ2v) is 7.97. The van der Waals surface area contributed by atoms with Crippen molar-refractivity contribution in [3.8, 4) is 0 Å². The van der Waals surface area contributed by atoms with E-state index in [1.54, 1.807) is 0 Å². The van der Waals surface area contributed by atoms with E-state index in [1.165, 1.54) is 25.0 Å². The van der Waals surface area contributed by atoms with Crippen molar-refractivity contribution < 1.29 is 9.47 Å². The highest BCUT2D eigenvalue weighted by Gasteiger charge is 2.25. The monoisotopic (exact) mass is 343 g/mol. The smallest absolute Gasteiger partial charge is 0.191 e. The SMILES string of the molecule is CCSC1CCC(NC(=NC)NCCCOCC2CCOC2)C1. The molecular formula is C17H33N3O2S. The van der Waals surface area contributed by atoms with E-state index in [0.717, 1.165) is 57.0 Å². The molecule has 5 nitrogen and oxygen atoms in total. The number of thioether (sulfide) groups is 1. The molecule has 134 valence electrons. The van der Waals surface area contributed by atoms with Gasteiger partial charge in [-0.25, -0.2) is 0 Å². The number of aliphatic imine (C=N–C) groups is 1. The Hall–Kier alpha value is -0.460. The first-order chi connectivity index (χ1) is 11.3. The molecule has 3 atom stereocenters. The van der Waals surface area contributed by atoms with Crippen LogP contribution in [0, 0.1) is 5.92 Å². The van der Waals surface area contributed by atoms with Gasteiger partial charge in [0, 0.05) is 44.0 Å². The van der Waals surface area contributed by atoms with E-state index in [2.05, 4.69) is 34.3 Å². The molecule has 0 amide bonds. The average molecular weight is 344 g/mol. The van der Waals surface area contributed by atoms with E-state index < -0.39 is 0 Å². The van der Waals surface area contributed by atoms with Gasteiger partial charge in [0.15, 0.2) is 5.96 Å². The second-order valence-electron chi connectivity index (χ2n) is 6.39. The molecule has 2 aliphatic rings. The largest absolute Gasteiger partial charge is 0.381 e. The van der Waals surface area contributed by atoms with E-state index in [1.807, 2.05) is 7.05 Å². The molecule has 6 heteroatoms. The molecule has 2 rings (SSSR count). The number of ether oxygens (including phenoxy) is 2. The van der Waals surface area contributed by atoms with Gasteiger partial charge in [-0.3, -0.25) is 4.99 Å². The number of guanidine groups is 1. The Balaban J connectivity index is 1.49. The minimum absolute atomic E-state index is 0.573. The maximum absolute atomic E-state index is 5.72. The highest BCUT2D eigenvalue weighted by atomic mass is 32.2. The van der Waals surface area contributed by atoms with Crippen molar-refractivity contribution in [3.05, 3.63) is 0 Å². The lowest BCUT2D eigenvalue weighted by atomic mass is 10.1. The molecule has 2 N–H and O–H groups in total. The van der Waals surface area contributed by atoms with Crippen molar-refractivity contribution >= 4 is 17.7 Å². The summed E-state index contributed by atoms with van der Waals surface area (Å²) in [7, 11) is 1.85. The number of hydrogen-bond acceptors (Lipinski definition) is 4. The molecule has 1 heterocycles. The molecule has 0 aromatic rings. The van der Waals surface area contributed by atoms with Gasteiger partial charge in [0.05, 0.1) is 13.2 Å². The Morgan fingerprint density at radius 1 is 1.35 bits per heavy atom. The quantitative estimate of drug-likeness (QED) is 0.382. The summed E-state index contributed by atoms with van der Waals surface area (Å²) in [5, 5.41) is 7.78. The van der Waals surface area contributed by atoms with E-state index in [9.17, 15) is 0 Å². The summed E-state index contributed by atoms with van der Waals surface area (Å²) in [6.45, 7) is 6.56. The molecule has 0 spiro atoms. The molecule has 1 saturated carbocycles. The molecule has 1 saturated heterocycles. The number of nitrogens with one attached hydrogen (secondary N) is 2. The lowest BCUT2D eigenvalue weighted by Gasteiger charge is -2.17. The topological polar surface area (TPSA) is 54.9 Å². The number of hydrogen-bond donors (Lipinski definition) is 2. The second kappa shape index (κ2) is 11.2. The maximum atomic E-state index is 5.72. The van der Waals surface area contributed by atoms with Crippen molar-refractivity contribution in [2.45, 2.75) is 50.3 Å². The van der Waals surface area contributed by atoms with Gasteiger partial charge in [-0.05, 0) is 37.9 Å². The highest BCUT2D eigenvalue weighted by Crippen LogP contribution is 2.29. The molecule has 0 bridgehead atoms. The molecule has 0 aromatic heterocycles. The predicted molar refractivity (Wildman–Crippen MR) is 98.4 cm³/mol. The summed E-state index contributed by atoms with van der Waals surface area (Å²) < 4.78 is 11.1. The highest BCUT2D eigenvalue weighted by molar-refractivity contribution is 7.99. The van der Waals surface area contributed by atoms with Crippen molar-refractivity contribution in [1.82, 2.24) is 10.6 Å². The molecule has 1 aliphatic heterocycles. The third-order valence-corrected chi connectivity index (χ3v) is 5.72. The summed E-state index contributed by atoms with van der Waals surface area (Å²) in [6, 6.07) is 0.573. The summed E-state index contributed by atoms with van der Waals surface area (Å²) >= 11 is 2.09. The van der Waals surface area contributed by atoms with Crippen LogP contribution in [0.3, 0.4) is 0 Å². The Kier molecular flexibility index (Phi) is 9.15. The zero-order valence-electron chi connectivity index (χ0n) is 14.7. The summed E-state index contributed by atoms with van der Waals surface area (Å²) in [5.41, 5.74) is 0. The summed E-state index contributed by atoms with van der Waals surface area (Å²) in [6.07, 6.45) is 5.99. The summed E-state index contributed by atoms with van der Waals surface area (Å²) in [4.78, 5) is 4.33. The molecule has 1 aliphatic carbocycles. The van der Waals surface area contributed by atoms with Crippen LogP contribution in [0.2, 0.25) is 0 Å². The van der Waals surface area contributed by atoms with Crippen LogP contribution >= 0.6 is 11.8 Å². The number of nitrogens with zero attached hydrogens (tertiary/aromatic N) is 1. The van der Waals surface area contributed by atoms with Crippen molar-refractivity contribution in [2.75, 3.05) is 45.8 Å². The van der Waals surface area contributed by atoms with Gasteiger partial charge in [-0.2, -0.15) is 11.8 Å². The Bertz CT molecular complexity index is 349. The maximum Gasteiger partial charge on any atom is 0.191 e. The molecule has 0 aromatic carbocycles. The minimum Gasteiger partial charge on any atom is -0.381 e. The van der Waals surface area contributed by atoms with E-state index in [0.29, 0.717) is 12.0 Å². The van der Waals surface area contributed by atoms with Crippen LogP contribution in [0.15, 0.2) is 4.99 Å². The fourth-order valence-corrected chi connectivity index (χ4v) is 4.33. The minimum atomic E-state index is 0.573. The Morgan fingerprint density at radius 2 is 2.26 bits per heavy atom. The van der Waals surface area contributed by atoms with Crippen LogP contribution in [0.5, 0.6) is 0 Å². The van der Waals surface area contributed by atoms with Gasteiger partial charge < -0.3 is 20.1 Å². The van der Waals surface area contributed by atoms with Gasteiger partial charge in [0.1, 0.15) is 0 Å². The fraction of sp³-hybridized carbons (Fsp3) is 0.941.